The molecular formula is C21H22N4O2. The van der Waals surface area contributed by atoms with Crippen LogP contribution in [0.2, 0.25) is 0 Å². The van der Waals surface area contributed by atoms with E-state index in [9.17, 15) is 9.59 Å². The van der Waals surface area contributed by atoms with E-state index >= 15 is 0 Å². The van der Waals surface area contributed by atoms with Gasteiger partial charge in [-0.1, -0.05) is 26.0 Å². The molecule has 0 aliphatic heterocycles. The Bertz CT molecular complexity index is 916. The number of anilines is 1. The number of rotatable bonds is 6. The molecule has 0 radical (unpaired) electrons. The molecule has 6 heteroatoms. The van der Waals surface area contributed by atoms with Crippen LogP contribution in [0.25, 0.3) is 5.69 Å². The summed E-state index contributed by atoms with van der Waals surface area (Å²) >= 11 is 0. The third-order valence-electron chi connectivity index (χ3n) is 3.99. The first-order chi connectivity index (χ1) is 13.0. The van der Waals surface area contributed by atoms with E-state index in [0.29, 0.717) is 29.3 Å². The average Bonchev–Trinajstić information content (AvgIpc) is 3.21. The van der Waals surface area contributed by atoms with Crippen molar-refractivity contribution in [3.63, 3.8) is 0 Å². The highest BCUT2D eigenvalue weighted by Gasteiger charge is 2.14. The summed E-state index contributed by atoms with van der Waals surface area (Å²) in [5, 5.41) is 9.86. The van der Waals surface area contributed by atoms with Gasteiger partial charge in [-0.3, -0.25) is 9.59 Å². The quantitative estimate of drug-likeness (QED) is 0.704. The second-order valence-electron chi connectivity index (χ2n) is 6.60. The van der Waals surface area contributed by atoms with Crippen molar-refractivity contribution >= 4 is 17.5 Å². The third kappa shape index (κ3) is 4.61. The van der Waals surface area contributed by atoms with Gasteiger partial charge in [0.15, 0.2) is 0 Å². The van der Waals surface area contributed by atoms with Crippen molar-refractivity contribution in [2.75, 3.05) is 11.9 Å². The molecule has 0 saturated carbocycles. The highest BCUT2D eigenvalue weighted by atomic mass is 16.2. The van der Waals surface area contributed by atoms with Crippen LogP contribution < -0.4 is 10.6 Å². The SMILES string of the molecule is CC(C)CNC(=O)c1ccccc1NC(=O)c1ccc(-n2cccn2)cc1. The number of para-hydroxylation sites is 1. The van der Waals surface area contributed by atoms with E-state index in [0.717, 1.165) is 5.69 Å². The van der Waals surface area contributed by atoms with E-state index < -0.39 is 0 Å². The van der Waals surface area contributed by atoms with Gasteiger partial charge in [0.25, 0.3) is 11.8 Å². The molecular weight excluding hydrogens is 340 g/mol. The number of amides is 2. The van der Waals surface area contributed by atoms with Crippen molar-refractivity contribution in [1.82, 2.24) is 15.1 Å². The molecule has 6 nitrogen and oxygen atoms in total. The fraction of sp³-hybridized carbons (Fsp3) is 0.190. The zero-order valence-corrected chi connectivity index (χ0v) is 15.3. The number of nitrogens with zero attached hydrogens (tertiary/aromatic N) is 2. The van der Waals surface area contributed by atoms with Gasteiger partial charge >= 0.3 is 0 Å². The van der Waals surface area contributed by atoms with Gasteiger partial charge in [-0.05, 0) is 48.4 Å². The predicted octanol–water partition coefficient (Wildman–Crippen LogP) is 3.51. The number of carbonyl (C=O) groups excluding carboxylic acids is 2. The van der Waals surface area contributed by atoms with Gasteiger partial charge < -0.3 is 10.6 Å². The molecule has 0 unspecified atom stereocenters. The second kappa shape index (κ2) is 8.31. The zero-order valence-electron chi connectivity index (χ0n) is 15.3. The third-order valence-corrected chi connectivity index (χ3v) is 3.99. The Morgan fingerprint density at radius 3 is 2.41 bits per heavy atom. The summed E-state index contributed by atoms with van der Waals surface area (Å²) in [6.45, 7) is 4.64. The highest BCUT2D eigenvalue weighted by molar-refractivity contribution is 6.09. The summed E-state index contributed by atoms with van der Waals surface area (Å²) in [5.74, 6) is -0.122. The van der Waals surface area contributed by atoms with Gasteiger partial charge in [0.05, 0.1) is 16.9 Å². The van der Waals surface area contributed by atoms with Crippen LogP contribution in [0.1, 0.15) is 34.6 Å². The lowest BCUT2D eigenvalue weighted by Gasteiger charge is -2.12. The summed E-state index contributed by atoms with van der Waals surface area (Å²) in [5.41, 5.74) is 2.30. The molecule has 2 amide bonds. The van der Waals surface area contributed by atoms with E-state index in [4.69, 9.17) is 0 Å². The molecule has 3 aromatic rings. The molecule has 0 aliphatic carbocycles. The minimum absolute atomic E-state index is 0.200. The summed E-state index contributed by atoms with van der Waals surface area (Å²) < 4.78 is 1.72. The Balaban J connectivity index is 1.73. The topological polar surface area (TPSA) is 76.0 Å². The number of nitrogens with one attached hydrogen (secondary N) is 2. The monoisotopic (exact) mass is 362 g/mol. The molecule has 0 fully saturated rings. The van der Waals surface area contributed by atoms with Crippen molar-refractivity contribution in [1.29, 1.82) is 0 Å². The van der Waals surface area contributed by atoms with Crippen LogP contribution >= 0.6 is 0 Å². The van der Waals surface area contributed by atoms with Crippen molar-refractivity contribution in [2.45, 2.75) is 13.8 Å². The average molecular weight is 362 g/mol. The molecule has 1 heterocycles. The molecule has 0 atom stereocenters. The minimum atomic E-state index is -0.272. The number of aromatic nitrogens is 2. The van der Waals surface area contributed by atoms with Crippen LogP contribution in [0, 0.1) is 5.92 Å². The Morgan fingerprint density at radius 1 is 1.00 bits per heavy atom. The van der Waals surface area contributed by atoms with Gasteiger partial charge in [-0.2, -0.15) is 5.10 Å². The smallest absolute Gasteiger partial charge is 0.255 e. The summed E-state index contributed by atoms with van der Waals surface area (Å²) in [6, 6.07) is 15.9. The molecule has 0 spiro atoms. The fourth-order valence-corrected chi connectivity index (χ4v) is 2.56. The van der Waals surface area contributed by atoms with Crippen LogP contribution in [0.5, 0.6) is 0 Å². The maximum atomic E-state index is 12.6. The normalized spacial score (nSPS) is 10.6. The van der Waals surface area contributed by atoms with Crippen molar-refractivity contribution in [2.24, 2.45) is 5.92 Å². The van der Waals surface area contributed by atoms with Crippen LogP contribution in [0.3, 0.4) is 0 Å². The maximum Gasteiger partial charge on any atom is 0.255 e. The summed E-state index contributed by atoms with van der Waals surface area (Å²) in [4.78, 5) is 25.0. The minimum Gasteiger partial charge on any atom is -0.352 e. The van der Waals surface area contributed by atoms with Gasteiger partial charge in [-0.25, -0.2) is 4.68 Å². The lowest BCUT2D eigenvalue weighted by molar-refractivity contribution is 0.0950. The van der Waals surface area contributed by atoms with Gasteiger partial charge in [-0.15, -0.1) is 0 Å². The Morgan fingerprint density at radius 2 is 1.74 bits per heavy atom. The number of benzene rings is 2. The Labute approximate surface area is 158 Å². The predicted molar refractivity (Wildman–Crippen MR) is 105 cm³/mol. The molecule has 1 aromatic heterocycles. The van der Waals surface area contributed by atoms with Crippen LogP contribution in [0.15, 0.2) is 67.0 Å². The Kier molecular flexibility index (Phi) is 5.66. The van der Waals surface area contributed by atoms with Crippen molar-refractivity contribution in [3.05, 3.63) is 78.1 Å². The van der Waals surface area contributed by atoms with E-state index in [1.807, 2.05) is 38.2 Å². The van der Waals surface area contributed by atoms with Gasteiger partial charge in [0, 0.05) is 24.5 Å². The first-order valence-corrected chi connectivity index (χ1v) is 8.83. The molecule has 0 aliphatic rings. The van der Waals surface area contributed by atoms with E-state index in [1.165, 1.54) is 0 Å². The first-order valence-electron chi connectivity index (χ1n) is 8.83. The second-order valence-corrected chi connectivity index (χ2v) is 6.60. The van der Waals surface area contributed by atoms with Crippen LogP contribution in [-0.2, 0) is 0 Å². The highest BCUT2D eigenvalue weighted by Crippen LogP contribution is 2.17. The molecule has 0 saturated heterocycles. The van der Waals surface area contributed by atoms with Gasteiger partial charge in [0.2, 0.25) is 0 Å². The number of hydrogen-bond donors (Lipinski definition) is 2. The molecule has 0 bridgehead atoms. The molecule has 3 rings (SSSR count). The van der Waals surface area contributed by atoms with Crippen LogP contribution in [0.4, 0.5) is 5.69 Å². The first kappa shape index (κ1) is 18.4. The van der Waals surface area contributed by atoms with Crippen molar-refractivity contribution in [3.8, 4) is 5.69 Å². The van der Waals surface area contributed by atoms with Crippen molar-refractivity contribution < 1.29 is 9.59 Å². The largest absolute Gasteiger partial charge is 0.352 e. The van der Waals surface area contributed by atoms with Crippen LogP contribution in [-0.4, -0.2) is 28.1 Å². The lowest BCUT2D eigenvalue weighted by Crippen LogP contribution is -2.28. The molecule has 138 valence electrons. The number of carbonyl (C=O) groups is 2. The van der Waals surface area contributed by atoms with E-state index in [2.05, 4.69) is 15.7 Å². The molecule has 2 N–H and O–H groups in total. The molecule has 27 heavy (non-hydrogen) atoms. The Hall–Kier alpha value is -3.41. The number of hydrogen-bond acceptors (Lipinski definition) is 3. The summed E-state index contributed by atoms with van der Waals surface area (Å²) in [6.07, 6.45) is 3.53. The summed E-state index contributed by atoms with van der Waals surface area (Å²) in [7, 11) is 0. The standard InChI is InChI=1S/C21H22N4O2/c1-15(2)14-22-21(27)18-6-3-4-7-19(18)24-20(26)16-8-10-17(11-9-16)25-13-5-12-23-25/h3-13,15H,14H2,1-2H3,(H,22,27)(H,24,26). The van der Waals surface area contributed by atoms with Gasteiger partial charge in [0.1, 0.15) is 0 Å². The lowest BCUT2D eigenvalue weighted by atomic mass is 10.1. The van der Waals surface area contributed by atoms with E-state index in [1.54, 1.807) is 47.3 Å². The maximum absolute atomic E-state index is 12.6. The fourth-order valence-electron chi connectivity index (χ4n) is 2.56. The molecule has 2 aromatic carbocycles. The zero-order chi connectivity index (χ0) is 19.2. The van der Waals surface area contributed by atoms with E-state index in [-0.39, 0.29) is 11.8 Å².